The van der Waals surface area contributed by atoms with E-state index in [1.165, 1.54) is 0 Å². The van der Waals surface area contributed by atoms with Crippen LogP contribution in [0.3, 0.4) is 0 Å². The SMILES string of the molecule is CCn1ccnc1-c1ccccc1C=O. The van der Waals surface area contributed by atoms with Gasteiger partial charge in [0.25, 0.3) is 0 Å². The van der Waals surface area contributed by atoms with Gasteiger partial charge in [-0.3, -0.25) is 4.79 Å². The van der Waals surface area contributed by atoms with Gasteiger partial charge < -0.3 is 4.57 Å². The number of imidazole rings is 1. The van der Waals surface area contributed by atoms with Crippen molar-refractivity contribution in [2.75, 3.05) is 0 Å². The molecule has 2 rings (SSSR count). The molecule has 2 aromatic rings. The lowest BCUT2D eigenvalue weighted by molar-refractivity contribution is 0.112. The van der Waals surface area contributed by atoms with Gasteiger partial charge in [-0.25, -0.2) is 4.98 Å². The van der Waals surface area contributed by atoms with Crippen LogP contribution < -0.4 is 0 Å². The molecule has 0 saturated carbocycles. The number of hydrogen-bond acceptors (Lipinski definition) is 2. The number of aryl methyl sites for hydroxylation is 1. The summed E-state index contributed by atoms with van der Waals surface area (Å²) in [4.78, 5) is 15.2. The number of nitrogens with zero attached hydrogens (tertiary/aromatic N) is 2. The zero-order valence-electron chi connectivity index (χ0n) is 8.55. The van der Waals surface area contributed by atoms with E-state index in [2.05, 4.69) is 11.9 Å². The summed E-state index contributed by atoms with van der Waals surface area (Å²) < 4.78 is 2.02. The van der Waals surface area contributed by atoms with Gasteiger partial charge in [-0.15, -0.1) is 0 Å². The highest BCUT2D eigenvalue weighted by Crippen LogP contribution is 2.20. The maximum atomic E-state index is 10.9. The van der Waals surface area contributed by atoms with E-state index >= 15 is 0 Å². The maximum Gasteiger partial charge on any atom is 0.150 e. The molecule has 0 aliphatic rings. The Morgan fingerprint density at radius 1 is 1.40 bits per heavy atom. The number of aromatic nitrogens is 2. The third-order valence-corrected chi connectivity index (χ3v) is 2.38. The number of benzene rings is 1. The molecule has 0 aliphatic carbocycles. The number of hydrogen-bond donors (Lipinski definition) is 0. The second kappa shape index (κ2) is 4.09. The monoisotopic (exact) mass is 200 g/mol. The summed E-state index contributed by atoms with van der Waals surface area (Å²) in [7, 11) is 0. The quantitative estimate of drug-likeness (QED) is 0.713. The average Bonchev–Trinajstić information content (AvgIpc) is 2.76. The molecule has 1 aromatic heterocycles. The predicted molar refractivity (Wildman–Crippen MR) is 58.7 cm³/mol. The van der Waals surface area contributed by atoms with Crippen molar-refractivity contribution in [2.45, 2.75) is 13.5 Å². The Balaban J connectivity index is 2.58. The molecule has 0 aliphatic heterocycles. The zero-order chi connectivity index (χ0) is 10.7. The summed E-state index contributed by atoms with van der Waals surface area (Å²) in [6.07, 6.45) is 4.53. The number of rotatable bonds is 3. The smallest absolute Gasteiger partial charge is 0.150 e. The lowest BCUT2D eigenvalue weighted by Gasteiger charge is -2.06. The summed E-state index contributed by atoms with van der Waals surface area (Å²) in [6, 6.07) is 7.48. The van der Waals surface area contributed by atoms with E-state index in [9.17, 15) is 4.79 Å². The maximum absolute atomic E-state index is 10.9. The first-order valence-corrected chi connectivity index (χ1v) is 4.92. The Bertz CT molecular complexity index is 474. The summed E-state index contributed by atoms with van der Waals surface area (Å²) in [5, 5.41) is 0. The fraction of sp³-hybridized carbons (Fsp3) is 0.167. The molecule has 0 spiro atoms. The first kappa shape index (κ1) is 9.65. The first-order chi connectivity index (χ1) is 7.36. The van der Waals surface area contributed by atoms with Crippen molar-refractivity contribution in [3.8, 4) is 11.4 Å². The topological polar surface area (TPSA) is 34.9 Å². The van der Waals surface area contributed by atoms with Crippen LogP contribution in [0.1, 0.15) is 17.3 Å². The highest BCUT2D eigenvalue weighted by molar-refractivity contribution is 5.85. The molecule has 76 valence electrons. The molecule has 0 amide bonds. The van der Waals surface area contributed by atoms with Gasteiger partial charge in [-0.05, 0) is 6.92 Å². The Hall–Kier alpha value is -1.90. The zero-order valence-corrected chi connectivity index (χ0v) is 8.55. The molecule has 0 saturated heterocycles. The standard InChI is InChI=1S/C12H12N2O/c1-2-14-8-7-13-12(14)11-6-4-3-5-10(11)9-15/h3-9H,2H2,1H3. The van der Waals surface area contributed by atoms with Gasteiger partial charge in [0.2, 0.25) is 0 Å². The molecule has 3 heteroatoms. The normalized spacial score (nSPS) is 10.2. The minimum Gasteiger partial charge on any atom is -0.331 e. The Morgan fingerprint density at radius 2 is 2.20 bits per heavy atom. The fourth-order valence-corrected chi connectivity index (χ4v) is 1.61. The van der Waals surface area contributed by atoms with Crippen molar-refractivity contribution < 1.29 is 4.79 Å². The Morgan fingerprint density at radius 3 is 2.93 bits per heavy atom. The van der Waals surface area contributed by atoms with E-state index in [0.29, 0.717) is 5.56 Å². The van der Waals surface area contributed by atoms with Gasteiger partial charge in [-0.2, -0.15) is 0 Å². The molecular formula is C12H12N2O. The van der Waals surface area contributed by atoms with E-state index in [4.69, 9.17) is 0 Å². The van der Waals surface area contributed by atoms with Crippen LogP contribution in [0.15, 0.2) is 36.7 Å². The molecule has 0 bridgehead atoms. The van der Waals surface area contributed by atoms with Crippen molar-refractivity contribution >= 4 is 6.29 Å². The second-order valence-electron chi connectivity index (χ2n) is 3.24. The Labute approximate surface area is 88.4 Å². The molecule has 1 heterocycles. The van der Waals surface area contributed by atoms with Gasteiger partial charge >= 0.3 is 0 Å². The van der Waals surface area contributed by atoms with Gasteiger partial charge in [0.05, 0.1) is 0 Å². The van der Waals surface area contributed by atoms with Crippen molar-refractivity contribution in [3.63, 3.8) is 0 Å². The van der Waals surface area contributed by atoms with Crippen LogP contribution in [0, 0.1) is 0 Å². The molecule has 0 N–H and O–H groups in total. The summed E-state index contributed by atoms with van der Waals surface area (Å²) in [5.74, 6) is 0.847. The van der Waals surface area contributed by atoms with Crippen LogP contribution in [-0.4, -0.2) is 15.8 Å². The molecule has 0 fully saturated rings. The largest absolute Gasteiger partial charge is 0.331 e. The molecule has 1 aromatic carbocycles. The van der Waals surface area contributed by atoms with E-state index in [1.54, 1.807) is 12.3 Å². The van der Waals surface area contributed by atoms with Gasteiger partial charge in [0.15, 0.2) is 6.29 Å². The third kappa shape index (κ3) is 1.68. The summed E-state index contributed by atoms with van der Waals surface area (Å²) in [6.45, 7) is 2.90. The van der Waals surface area contributed by atoms with Crippen LogP contribution in [-0.2, 0) is 6.54 Å². The molecular weight excluding hydrogens is 188 g/mol. The highest BCUT2D eigenvalue weighted by atomic mass is 16.1. The van der Waals surface area contributed by atoms with Crippen LogP contribution in [0.5, 0.6) is 0 Å². The fourth-order valence-electron chi connectivity index (χ4n) is 1.61. The van der Waals surface area contributed by atoms with Crippen LogP contribution in [0.2, 0.25) is 0 Å². The molecule has 0 atom stereocenters. The molecule has 3 nitrogen and oxygen atoms in total. The average molecular weight is 200 g/mol. The minimum absolute atomic E-state index is 0.679. The first-order valence-electron chi connectivity index (χ1n) is 4.92. The van der Waals surface area contributed by atoms with Gasteiger partial charge in [0, 0.05) is 30.1 Å². The number of carbonyl (C=O) groups is 1. The van der Waals surface area contributed by atoms with E-state index in [0.717, 1.165) is 24.2 Å². The Kier molecular flexibility index (Phi) is 2.63. The second-order valence-corrected chi connectivity index (χ2v) is 3.24. The molecule has 0 unspecified atom stereocenters. The lowest BCUT2D eigenvalue weighted by atomic mass is 10.1. The molecule has 15 heavy (non-hydrogen) atoms. The van der Waals surface area contributed by atoms with Gasteiger partial charge in [-0.1, -0.05) is 24.3 Å². The lowest BCUT2D eigenvalue weighted by Crippen LogP contribution is -1.98. The molecule has 0 radical (unpaired) electrons. The number of aldehydes is 1. The highest BCUT2D eigenvalue weighted by Gasteiger charge is 2.08. The van der Waals surface area contributed by atoms with E-state index in [-0.39, 0.29) is 0 Å². The number of carbonyl (C=O) groups excluding carboxylic acids is 1. The van der Waals surface area contributed by atoms with Crippen LogP contribution >= 0.6 is 0 Å². The van der Waals surface area contributed by atoms with Crippen LogP contribution in [0.25, 0.3) is 11.4 Å². The van der Waals surface area contributed by atoms with E-state index in [1.807, 2.05) is 29.0 Å². The summed E-state index contributed by atoms with van der Waals surface area (Å²) >= 11 is 0. The van der Waals surface area contributed by atoms with Crippen molar-refractivity contribution in [1.29, 1.82) is 0 Å². The summed E-state index contributed by atoms with van der Waals surface area (Å²) in [5.41, 5.74) is 1.57. The van der Waals surface area contributed by atoms with Crippen molar-refractivity contribution in [3.05, 3.63) is 42.2 Å². The van der Waals surface area contributed by atoms with Crippen LogP contribution in [0.4, 0.5) is 0 Å². The van der Waals surface area contributed by atoms with E-state index < -0.39 is 0 Å². The van der Waals surface area contributed by atoms with Crippen molar-refractivity contribution in [1.82, 2.24) is 9.55 Å². The predicted octanol–water partition coefficient (Wildman–Crippen LogP) is 2.38. The van der Waals surface area contributed by atoms with Crippen molar-refractivity contribution in [2.24, 2.45) is 0 Å². The minimum atomic E-state index is 0.679. The van der Waals surface area contributed by atoms with Gasteiger partial charge in [0.1, 0.15) is 5.82 Å². The third-order valence-electron chi connectivity index (χ3n) is 2.38.